The van der Waals surface area contributed by atoms with E-state index >= 15 is 0 Å². The zero-order valence-corrected chi connectivity index (χ0v) is 16.1. The number of carbonyl (C=O) groups is 3. The molecular formula is C23H20N4O3. The molecule has 3 N–H and O–H groups in total. The van der Waals surface area contributed by atoms with E-state index in [1.807, 2.05) is 12.1 Å². The number of nitrogens with one attached hydrogen (secondary N) is 3. The standard InChI is InChI=1S/C23H20N4O3/c28-21(16-5-2-1-3-6-16)25-18-11-9-17(10-12-18)22(29)26-19-7-4-8-20(15-19)27-14-13-24-23(27)30/h1-12,15H,13-14H2,(H,24,30)(H,25,28)(H,26,29). The maximum absolute atomic E-state index is 12.6. The third-order valence-corrected chi connectivity index (χ3v) is 4.71. The topological polar surface area (TPSA) is 90.5 Å². The van der Waals surface area contributed by atoms with E-state index in [9.17, 15) is 14.4 Å². The molecule has 0 radical (unpaired) electrons. The lowest BCUT2D eigenvalue weighted by Crippen LogP contribution is -2.27. The first kappa shape index (κ1) is 19.2. The number of anilines is 3. The smallest absolute Gasteiger partial charge is 0.321 e. The Balaban J connectivity index is 1.41. The van der Waals surface area contributed by atoms with E-state index in [0.29, 0.717) is 35.6 Å². The molecule has 0 spiro atoms. The van der Waals surface area contributed by atoms with Crippen molar-refractivity contribution in [1.82, 2.24) is 5.32 Å². The first-order valence-electron chi connectivity index (χ1n) is 9.53. The molecule has 7 nitrogen and oxygen atoms in total. The molecule has 30 heavy (non-hydrogen) atoms. The van der Waals surface area contributed by atoms with E-state index < -0.39 is 0 Å². The minimum absolute atomic E-state index is 0.147. The number of nitrogens with zero attached hydrogens (tertiary/aromatic N) is 1. The molecule has 1 aliphatic rings. The first-order valence-corrected chi connectivity index (χ1v) is 9.53. The Labute approximate surface area is 173 Å². The second kappa shape index (κ2) is 8.48. The summed E-state index contributed by atoms with van der Waals surface area (Å²) in [5, 5.41) is 8.39. The number of carbonyl (C=O) groups excluding carboxylic acids is 3. The molecule has 1 aliphatic heterocycles. The Morgan fingerprint density at radius 1 is 0.767 bits per heavy atom. The van der Waals surface area contributed by atoms with Crippen LogP contribution in [0, 0.1) is 0 Å². The van der Waals surface area contributed by atoms with Gasteiger partial charge in [0, 0.05) is 41.3 Å². The quantitative estimate of drug-likeness (QED) is 0.610. The molecule has 0 atom stereocenters. The highest BCUT2D eigenvalue weighted by atomic mass is 16.2. The number of hydrogen-bond donors (Lipinski definition) is 3. The van der Waals surface area contributed by atoms with Gasteiger partial charge < -0.3 is 16.0 Å². The third kappa shape index (κ3) is 4.30. The third-order valence-electron chi connectivity index (χ3n) is 4.71. The fourth-order valence-electron chi connectivity index (χ4n) is 3.17. The van der Waals surface area contributed by atoms with Gasteiger partial charge in [-0.1, -0.05) is 24.3 Å². The van der Waals surface area contributed by atoms with Crippen molar-refractivity contribution < 1.29 is 14.4 Å². The Kier molecular flexibility index (Phi) is 5.43. The number of hydrogen-bond acceptors (Lipinski definition) is 3. The summed E-state index contributed by atoms with van der Waals surface area (Å²) in [6.07, 6.45) is 0. The molecule has 150 valence electrons. The van der Waals surface area contributed by atoms with E-state index in [1.54, 1.807) is 71.6 Å². The number of rotatable bonds is 5. The molecule has 1 saturated heterocycles. The van der Waals surface area contributed by atoms with Crippen LogP contribution in [0.2, 0.25) is 0 Å². The zero-order valence-electron chi connectivity index (χ0n) is 16.1. The molecule has 1 fully saturated rings. The van der Waals surface area contributed by atoms with Crippen LogP contribution in [0.3, 0.4) is 0 Å². The van der Waals surface area contributed by atoms with Gasteiger partial charge in [0.1, 0.15) is 0 Å². The van der Waals surface area contributed by atoms with Crippen LogP contribution in [-0.4, -0.2) is 30.9 Å². The average molecular weight is 400 g/mol. The molecule has 4 amide bonds. The largest absolute Gasteiger partial charge is 0.336 e. The van der Waals surface area contributed by atoms with E-state index in [2.05, 4.69) is 16.0 Å². The van der Waals surface area contributed by atoms with E-state index in [1.165, 1.54) is 0 Å². The van der Waals surface area contributed by atoms with Crippen molar-refractivity contribution in [3.8, 4) is 0 Å². The molecular weight excluding hydrogens is 380 g/mol. The summed E-state index contributed by atoms with van der Waals surface area (Å²) in [6, 6.07) is 22.6. The Morgan fingerprint density at radius 3 is 2.10 bits per heavy atom. The zero-order chi connectivity index (χ0) is 20.9. The van der Waals surface area contributed by atoms with Gasteiger partial charge in [0.25, 0.3) is 11.8 Å². The van der Waals surface area contributed by atoms with Gasteiger partial charge in [0.2, 0.25) is 0 Å². The van der Waals surface area contributed by atoms with Crippen molar-refractivity contribution >= 4 is 34.9 Å². The highest BCUT2D eigenvalue weighted by Crippen LogP contribution is 2.22. The van der Waals surface area contributed by atoms with Crippen LogP contribution in [-0.2, 0) is 0 Å². The summed E-state index contributed by atoms with van der Waals surface area (Å²) in [5.41, 5.74) is 2.94. The monoisotopic (exact) mass is 400 g/mol. The Morgan fingerprint density at radius 2 is 1.43 bits per heavy atom. The summed E-state index contributed by atoms with van der Waals surface area (Å²) in [7, 11) is 0. The van der Waals surface area contributed by atoms with Crippen molar-refractivity contribution in [3.05, 3.63) is 90.0 Å². The van der Waals surface area contributed by atoms with E-state index in [0.717, 1.165) is 5.69 Å². The molecule has 7 heteroatoms. The average Bonchev–Trinajstić information content (AvgIpc) is 3.21. The summed E-state index contributed by atoms with van der Waals surface area (Å²) in [5.74, 6) is -0.491. The van der Waals surface area contributed by atoms with Crippen LogP contribution < -0.4 is 20.9 Å². The second-order valence-corrected chi connectivity index (χ2v) is 6.79. The van der Waals surface area contributed by atoms with Crippen molar-refractivity contribution in [2.24, 2.45) is 0 Å². The van der Waals surface area contributed by atoms with Crippen LogP contribution in [0.25, 0.3) is 0 Å². The number of urea groups is 1. The van der Waals surface area contributed by atoms with Crippen molar-refractivity contribution in [1.29, 1.82) is 0 Å². The minimum atomic E-state index is -0.279. The predicted octanol–water partition coefficient (Wildman–Crippen LogP) is 3.72. The van der Waals surface area contributed by atoms with Crippen LogP contribution in [0.5, 0.6) is 0 Å². The maximum Gasteiger partial charge on any atom is 0.321 e. The SMILES string of the molecule is O=C(Nc1ccc(C(=O)Nc2cccc(N3CCNC3=O)c2)cc1)c1ccccc1. The lowest BCUT2D eigenvalue weighted by molar-refractivity contribution is 0.102. The molecule has 3 aromatic carbocycles. The van der Waals surface area contributed by atoms with Crippen molar-refractivity contribution in [3.63, 3.8) is 0 Å². The summed E-state index contributed by atoms with van der Waals surface area (Å²) < 4.78 is 0. The Hall–Kier alpha value is -4.13. The van der Waals surface area contributed by atoms with E-state index in [-0.39, 0.29) is 17.8 Å². The van der Waals surface area contributed by atoms with Crippen LogP contribution in [0.1, 0.15) is 20.7 Å². The number of amides is 4. The second-order valence-electron chi connectivity index (χ2n) is 6.79. The fourth-order valence-corrected chi connectivity index (χ4v) is 3.17. The maximum atomic E-state index is 12.6. The van der Waals surface area contributed by atoms with Gasteiger partial charge in [-0.3, -0.25) is 14.5 Å². The predicted molar refractivity (Wildman–Crippen MR) is 116 cm³/mol. The molecule has 4 rings (SSSR count). The van der Waals surface area contributed by atoms with Gasteiger partial charge >= 0.3 is 6.03 Å². The normalized spacial score (nSPS) is 12.9. The molecule has 0 aliphatic carbocycles. The van der Waals surface area contributed by atoms with Crippen LogP contribution >= 0.6 is 0 Å². The van der Waals surface area contributed by atoms with Gasteiger partial charge in [-0.2, -0.15) is 0 Å². The molecule has 1 heterocycles. The van der Waals surface area contributed by atoms with Gasteiger partial charge in [0.15, 0.2) is 0 Å². The molecule has 3 aromatic rings. The minimum Gasteiger partial charge on any atom is -0.336 e. The molecule has 0 aromatic heterocycles. The lowest BCUT2D eigenvalue weighted by atomic mass is 10.1. The highest BCUT2D eigenvalue weighted by Gasteiger charge is 2.21. The van der Waals surface area contributed by atoms with Crippen LogP contribution in [0.15, 0.2) is 78.9 Å². The molecule has 0 saturated carbocycles. The number of benzene rings is 3. The fraction of sp³-hybridized carbons (Fsp3) is 0.0870. The summed E-state index contributed by atoms with van der Waals surface area (Å²) in [6.45, 7) is 1.19. The van der Waals surface area contributed by atoms with Gasteiger partial charge in [-0.15, -0.1) is 0 Å². The molecule has 0 unspecified atom stereocenters. The van der Waals surface area contributed by atoms with Crippen molar-refractivity contribution in [2.75, 3.05) is 28.6 Å². The first-order chi connectivity index (χ1) is 14.6. The molecule has 0 bridgehead atoms. The summed E-state index contributed by atoms with van der Waals surface area (Å²) in [4.78, 5) is 38.2. The van der Waals surface area contributed by atoms with E-state index in [4.69, 9.17) is 0 Å². The van der Waals surface area contributed by atoms with Crippen LogP contribution in [0.4, 0.5) is 21.9 Å². The van der Waals surface area contributed by atoms with Gasteiger partial charge in [0.05, 0.1) is 0 Å². The summed E-state index contributed by atoms with van der Waals surface area (Å²) >= 11 is 0. The Bertz CT molecular complexity index is 1080. The lowest BCUT2D eigenvalue weighted by Gasteiger charge is -2.15. The van der Waals surface area contributed by atoms with Gasteiger partial charge in [-0.25, -0.2) is 4.79 Å². The van der Waals surface area contributed by atoms with Crippen molar-refractivity contribution in [2.45, 2.75) is 0 Å². The highest BCUT2D eigenvalue weighted by molar-refractivity contribution is 6.06. The van der Waals surface area contributed by atoms with Gasteiger partial charge in [-0.05, 0) is 54.6 Å².